The van der Waals surface area contributed by atoms with Crippen molar-refractivity contribution in [1.29, 1.82) is 0 Å². The highest BCUT2D eigenvalue weighted by atomic mass is 32.1. The summed E-state index contributed by atoms with van der Waals surface area (Å²) in [6.07, 6.45) is 3.10. The van der Waals surface area contributed by atoms with E-state index in [4.69, 9.17) is 17.0 Å². The second-order valence-corrected chi connectivity index (χ2v) is 6.87. The van der Waals surface area contributed by atoms with Crippen molar-refractivity contribution < 1.29 is 13.9 Å². The number of carbonyl (C=O) groups excluding carboxylic acids is 1. The molecule has 0 radical (unpaired) electrons. The van der Waals surface area contributed by atoms with E-state index < -0.39 is 11.9 Å². The van der Waals surface area contributed by atoms with E-state index in [0.29, 0.717) is 23.1 Å². The van der Waals surface area contributed by atoms with Crippen LogP contribution in [0.4, 0.5) is 10.2 Å². The average Bonchev–Trinajstić information content (AvgIpc) is 3.16. The molecule has 1 N–H and O–H groups in total. The quantitative estimate of drug-likeness (QED) is 0.654. The van der Waals surface area contributed by atoms with Crippen molar-refractivity contribution in [2.24, 2.45) is 0 Å². The largest absolute Gasteiger partial charge is 0.487 e. The Balaban J connectivity index is 1.44. The molecule has 3 heterocycles. The third-order valence-corrected chi connectivity index (χ3v) is 4.96. The van der Waals surface area contributed by atoms with E-state index >= 15 is 0 Å². The standard InChI is InChI=1S/C19H17FN6O2S/c1-25-17-15(3-2-8-21-17)28-10-14(19(25)29)23-18(27)16-22-11-26(24-16)9-12-4-6-13(20)7-5-12/h2-8,11,14H,9-10H2,1H3,(H,23,27)/t14-/m0/s1. The fourth-order valence-corrected chi connectivity index (χ4v) is 3.12. The Morgan fingerprint density at radius 1 is 1.31 bits per heavy atom. The Hall–Kier alpha value is -3.40. The Morgan fingerprint density at radius 3 is 2.90 bits per heavy atom. The number of nitrogens with one attached hydrogen (secondary N) is 1. The lowest BCUT2D eigenvalue weighted by Gasteiger charge is -2.22. The minimum atomic E-state index is -0.541. The molecule has 1 aliphatic rings. The maximum atomic E-state index is 13.0. The van der Waals surface area contributed by atoms with Crippen molar-refractivity contribution in [3.8, 4) is 5.75 Å². The number of likely N-dealkylation sites (N-methyl/N-ethyl adjacent to an activating group) is 1. The molecule has 4 rings (SSSR count). The molecule has 10 heteroatoms. The lowest BCUT2D eigenvalue weighted by atomic mass is 10.2. The monoisotopic (exact) mass is 412 g/mol. The van der Waals surface area contributed by atoms with Crippen LogP contribution in [0.5, 0.6) is 5.75 Å². The van der Waals surface area contributed by atoms with E-state index in [0.717, 1.165) is 5.56 Å². The van der Waals surface area contributed by atoms with Gasteiger partial charge in [0.15, 0.2) is 11.6 Å². The van der Waals surface area contributed by atoms with E-state index in [1.165, 1.54) is 23.1 Å². The van der Waals surface area contributed by atoms with Crippen LogP contribution in [-0.4, -0.2) is 50.3 Å². The van der Waals surface area contributed by atoms with Gasteiger partial charge in [-0.2, -0.15) is 0 Å². The number of nitrogens with zero attached hydrogens (tertiary/aromatic N) is 5. The van der Waals surface area contributed by atoms with Gasteiger partial charge in [0.05, 0.1) is 6.54 Å². The number of carbonyl (C=O) groups is 1. The zero-order valence-electron chi connectivity index (χ0n) is 15.4. The number of ether oxygens (including phenoxy) is 1. The van der Waals surface area contributed by atoms with Gasteiger partial charge in [0.25, 0.3) is 5.91 Å². The third-order valence-electron chi connectivity index (χ3n) is 4.41. The van der Waals surface area contributed by atoms with Crippen molar-refractivity contribution >= 4 is 28.9 Å². The van der Waals surface area contributed by atoms with Gasteiger partial charge in [-0.3, -0.25) is 4.79 Å². The van der Waals surface area contributed by atoms with Crippen LogP contribution in [-0.2, 0) is 6.54 Å². The second kappa shape index (κ2) is 7.92. The molecule has 0 aliphatic carbocycles. The topological polar surface area (TPSA) is 85.2 Å². The normalized spacial score (nSPS) is 16.0. The van der Waals surface area contributed by atoms with Gasteiger partial charge in [-0.05, 0) is 29.8 Å². The molecule has 1 amide bonds. The first kappa shape index (κ1) is 18.9. The molecule has 148 valence electrons. The van der Waals surface area contributed by atoms with E-state index in [1.807, 2.05) is 0 Å². The van der Waals surface area contributed by atoms with Gasteiger partial charge in [-0.1, -0.05) is 24.4 Å². The molecule has 2 aromatic heterocycles. The second-order valence-electron chi connectivity index (χ2n) is 6.45. The zero-order valence-corrected chi connectivity index (χ0v) is 16.3. The maximum Gasteiger partial charge on any atom is 0.291 e. The van der Waals surface area contributed by atoms with E-state index in [1.54, 1.807) is 42.4 Å². The number of benzene rings is 1. The smallest absolute Gasteiger partial charge is 0.291 e. The third kappa shape index (κ3) is 4.06. The molecule has 29 heavy (non-hydrogen) atoms. The van der Waals surface area contributed by atoms with Crippen LogP contribution >= 0.6 is 12.2 Å². The predicted molar refractivity (Wildman–Crippen MR) is 108 cm³/mol. The Morgan fingerprint density at radius 2 is 2.10 bits per heavy atom. The minimum absolute atomic E-state index is 0.0115. The number of pyridine rings is 1. The number of fused-ring (bicyclic) bond motifs is 1. The summed E-state index contributed by atoms with van der Waals surface area (Å²) in [6, 6.07) is 9.07. The van der Waals surface area contributed by atoms with Crippen molar-refractivity contribution in [1.82, 2.24) is 25.1 Å². The van der Waals surface area contributed by atoms with Crippen LogP contribution < -0.4 is 15.0 Å². The SMILES string of the molecule is CN1C(=S)[C@@H](NC(=O)c2ncn(Cc3ccc(F)cc3)n2)COc2cccnc21. The zero-order chi connectivity index (χ0) is 20.4. The Labute approximate surface area is 171 Å². The molecule has 0 fully saturated rings. The number of halogens is 1. The fourth-order valence-electron chi connectivity index (χ4n) is 2.91. The lowest BCUT2D eigenvalue weighted by Crippen LogP contribution is -2.48. The molecule has 1 aliphatic heterocycles. The number of hydrogen-bond donors (Lipinski definition) is 1. The van der Waals surface area contributed by atoms with Gasteiger partial charge in [-0.25, -0.2) is 19.0 Å². The van der Waals surface area contributed by atoms with E-state index in [-0.39, 0.29) is 18.2 Å². The molecular formula is C19H17FN6O2S. The minimum Gasteiger partial charge on any atom is -0.487 e. The van der Waals surface area contributed by atoms with Gasteiger partial charge >= 0.3 is 0 Å². The predicted octanol–water partition coefficient (Wildman–Crippen LogP) is 1.82. The lowest BCUT2D eigenvalue weighted by molar-refractivity contribution is 0.0927. The van der Waals surface area contributed by atoms with Gasteiger partial charge in [0, 0.05) is 13.2 Å². The van der Waals surface area contributed by atoms with Crippen molar-refractivity contribution in [3.63, 3.8) is 0 Å². The highest BCUT2D eigenvalue weighted by Gasteiger charge is 2.29. The molecule has 3 aromatic rings. The average molecular weight is 412 g/mol. The Bertz CT molecular complexity index is 1050. The molecule has 1 aromatic carbocycles. The summed E-state index contributed by atoms with van der Waals surface area (Å²) in [6.45, 7) is 0.541. The summed E-state index contributed by atoms with van der Waals surface area (Å²) in [4.78, 5) is 23.1. The summed E-state index contributed by atoms with van der Waals surface area (Å²) >= 11 is 5.50. The molecule has 0 saturated heterocycles. The first-order chi connectivity index (χ1) is 14.0. The van der Waals surface area contributed by atoms with Gasteiger partial charge in [0.2, 0.25) is 5.82 Å². The molecule has 1 atom stereocenters. The van der Waals surface area contributed by atoms with Gasteiger partial charge in [-0.15, -0.1) is 5.10 Å². The number of rotatable bonds is 4. The first-order valence-electron chi connectivity index (χ1n) is 8.81. The number of aromatic nitrogens is 4. The highest BCUT2D eigenvalue weighted by molar-refractivity contribution is 7.80. The molecular weight excluding hydrogens is 395 g/mol. The maximum absolute atomic E-state index is 13.0. The Kier molecular flexibility index (Phi) is 5.17. The van der Waals surface area contributed by atoms with Crippen LogP contribution in [0.15, 0.2) is 48.9 Å². The van der Waals surface area contributed by atoms with E-state index in [2.05, 4.69) is 20.4 Å². The summed E-state index contributed by atoms with van der Waals surface area (Å²) < 4.78 is 20.3. The van der Waals surface area contributed by atoms with Crippen LogP contribution in [0, 0.1) is 5.82 Å². The van der Waals surface area contributed by atoms with Crippen LogP contribution in [0.3, 0.4) is 0 Å². The van der Waals surface area contributed by atoms with Gasteiger partial charge in [0.1, 0.15) is 29.8 Å². The van der Waals surface area contributed by atoms with Gasteiger partial charge < -0.3 is 15.0 Å². The highest BCUT2D eigenvalue weighted by Crippen LogP contribution is 2.27. The van der Waals surface area contributed by atoms with Crippen LogP contribution in [0.25, 0.3) is 0 Å². The van der Waals surface area contributed by atoms with E-state index in [9.17, 15) is 9.18 Å². The molecule has 0 unspecified atom stereocenters. The number of hydrogen-bond acceptors (Lipinski definition) is 6. The number of amides is 1. The van der Waals surface area contributed by atoms with Crippen LogP contribution in [0.1, 0.15) is 16.2 Å². The molecule has 8 nitrogen and oxygen atoms in total. The van der Waals surface area contributed by atoms with Crippen molar-refractivity contribution in [2.75, 3.05) is 18.6 Å². The van der Waals surface area contributed by atoms with Crippen LogP contribution in [0.2, 0.25) is 0 Å². The summed E-state index contributed by atoms with van der Waals surface area (Å²) in [7, 11) is 1.78. The number of anilines is 1. The molecule has 0 bridgehead atoms. The van der Waals surface area contributed by atoms with Crippen molar-refractivity contribution in [2.45, 2.75) is 12.6 Å². The van der Waals surface area contributed by atoms with Crippen molar-refractivity contribution in [3.05, 3.63) is 66.1 Å². The number of thiocarbonyl (C=S) groups is 1. The molecule has 0 saturated carbocycles. The molecule has 0 spiro atoms. The summed E-state index contributed by atoms with van der Waals surface area (Å²) in [5, 5.41) is 7.00. The first-order valence-corrected chi connectivity index (χ1v) is 9.22. The fraction of sp³-hybridized carbons (Fsp3) is 0.211. The summed E-state index contributed by atoms with van der Waals surface area (Å²) in [5.41, 5.74) is 0.841. The summed E-state index contributed by atoms with van der Waals surface area (Å²) in [5.74, 6) is 0.423.